The molecule has 0 bridgehead atoms. The van der Waals surface area contributed by atoms with Gasteiger partial charge >= 0.3 is 0 Å². The Morgan fingerprint density at radius 2 is 2.19 bits per heavy atom. The number of aryl methyl sites for hydroxylation is 1. The van der Waals surface area contributed by atoms with Gasteiger partial charge in [0.25, 0.3) is 0 Å². The molecule has 1 aromatic carbocycles. The second kappa shape index (κ2) is 7.92. The third kappa shape index (κ3) is 5.41. The molecule has 0 radical (unpaired) electrons. The molecular formula is C16H21BrN2OS. The lowest BCUT2D eigenvalue weighted by Crippen LogP contribution is -2.18. The molecule has 0 aliphatic rings. The average molecular weight is 369 g/mol. The van der Waals surface area contributed by atoms with Gasteiger partial charge in [-0.15, -0.1) is 11.3 Å². The summed E-state index contributed by atoms with van der Waals surface area (Å²) in [6, 6.07) is 6.00. The Balaban J connectivity index is 1.83. The molecule has 0 aliphatic carbocycles. The Bertz CT molecular complexity index is 583. The molecule has 1 aromatic heterocycles. The quantitative estimate of drug-likeness (QED) is 0.778. The lowest BCUT2D eigenvalue weighted by molar-refractivity contribution is 0.301. The van der Waals surface area contributed by atoms with Gasteiger partial charge in [0.05, 0.1) is 5.69 Å². The van der Waals surface area contributed by atoms with E-state index in [2.05, 4.69) is 52.4 Å². The van der Waals surface area contributed by atoms with Crippen LogP contribution in [0.25, 0.3) is 0 Å². The van der Waals surface area contributed by atoms with Crippen molar-refractivity contribution in [3.05, 3.63) is 44.3 Å². The number of rotatable bonds is 7. The summed E-state index contributed by atoms with van der Waals surface area (Å²) in [5.41, 5.74) is 2.16. The Hall–Kier alpha value is -0.910. The third-order valence-corrected chi connectivity index (χ3v) is 4.73. The van der Waals surface area contributed by atoms with E-state index >= 15 is 0 Å². The minimum atomic E-state index is 0.516. The van der Waals surface area contributed by atoms with Crippen LogP contribution >= 0.6 is 27.3 Å². The SMILES string of the molecule is Cc1cc(OCc2csc(CNCC(C)C)n2)ccc1Br. The van der Waals surface area contributed by atoms with Crippen LogP contribution in [0.15, 0.2) is 28.1 Å². The van der Waals surface area contributed by atoms with Crippen LogP contribution in [-0.4, -0.2) is 11.5 Å². The van der Waals surface area contributed by atoms with Crippen molar-refractivity contribution in [2.24, 2.45) is 5.92 Å². The largest absolute Gasteiger partial charge is 0.487 e. The molecule has 0 amide bonds. The molecule has 0 unspecified atom stereocenters. The lowest BCUT2D eigenvalue weighted by atomic mass is 10.2. The van der Waals surface area contributed by atoms with Gasteiger partial charge in [-0.25, -0.2) is 4.98 Å². The summed E-state index contributed by atoms with van der Waals surface area (Å²) in [7, 11) is 0. The fourth-order valence-electron chi connectivity index (χ4n) is 1.83. The maximum Gasteiger partial charge on any atom is 0.131 e. The summed E-state index contributed by atoms with van der Waals surface area (Å²) in [5.74, 6) is 1.54. The number of thiazole rings is 1. The van der Waals surface area contributed by atoms with Gasteiger partial charge < -0.3 is 10.1 Å². The van der Waals surface area contributed by atoms with Crippen molar-refractivity contribution in [1.82, 2.24) is 10.3 Å². The Kier molecular flexibility index (Phi) is 6.21. The van der Waals surface area contributed by atoms with E-state index in [1.165, 1.54) is 5.56 Å². The Morgan fingerprint density at radius 3 is 2.90 bits per heavy atom. The van der Waals surface area contributed by atoms with Crippen LogP contribution in [0.2, 0.25) is 0 Å². The topological polar surface area (TPSA) is 34.1 Å². The summed E-state index contributed by atoms with van der Waals surface area (Å²) in [5, 5.41) is 6.58. The summed E-state index contributed by atoms with van der Waals surface area (Å²) in [6.07, 6.45) is 0. The minimum Gasteiger partial charge on any atom is -0.487 e. The Labute approximate surface area is 138 Å². The van der Waals surface area contributed by atoms with Crippen molar-refractivity contribution in [2.45, 2.75) is 33.9 Å². The van der Waals surface area contributed by atoms with E-state index in [1.807, 2.05) is 18.2 Å². The second-order valence-corrected chi connectivity index (χ2v) is 7.25. The molecule has 1 heterocycles. The van der Waals surface area contributed by atoms with Crippen LogP contribution in [0, 0.1) is 12.8 Å². The molecule has 3 nitrogen and oxygen atoms in total. The fraction of sp³-hybridized carbons (Fsp3) is 0.438. The molecule has 0 saturated heterocycles. The van der Waals surface area contributed by atoms with Crippen LogP contribution in [0.3, 0.4) is 0 Å². The van der Waals surface area contributed by atoms with Gasteiger partial charge in [-0.2, -0.15) is 0 Å². The normalized spacial score (nSPS) is 11.1. The van der Waals surface area contributed by atoms with E-state index in [4.69, 9.17) is 4.74 Å². The van der Waals surface area contributed by atoms with Gasteiger partial charge in [0.1, 0.15) is 17.4 Å². The Morgan fingerprint density at radius 1 is 1.38 bits per heavy atom. The number of halogens is 1. The van der Waals surface area contributed by atoms with Crippen molar-refractivity contribution in [1.29, 1.82) is 0 Å². The molecule has 0 atom stereocenters. The fourth-order valence-corrected chi connectivity index (χ4v) is 2.82. The average Bonchev–Trinajstić information content (AvgIpc) is 2.88. The number of ether oxygens (including phenoxy) is 1. The first-order valence-corrected chi connectivity index (χ1v) is 8.75. The first-order chi connectivity index (χ1) is 10.0. The predicted octanol–water partition coefficient (Wildman–Crippen LogP) is 4.54. The van der Waals surface area contributed by atoms with E-state index in [-0.39, 0.29) is 0 Å². The molecular weight excluding hydrogens is 348 g/mol. The summed E-state index contributed by atoms with van der Waals surface area (Å²) < 4.78 is 6.89. The van der Waals surface area contributed by atoms with Gasteiger partial charge in [-0.05, 0) is 43.1 Å². The molecule has 1 N–H and O–H groups in total. The lowest BCUT2D eigenvalue weighted by Gasteiger charge is -2.06. The number of hydrogen-bond acceptors (Lipinski definition) is 4. The number of hydrogen-bond donors (Lipinski definition) is 1. The predicted molar refractivity (Wildman–Crippen MR) is 91.9 cm³/mol. The highest BCUT2D eigenvalue weighted by Crippen LogP contribution is 2.22. The molecule has 21 heavy (non-hydrogen) atoms. The number of nitrogens with one attached hydrogen (secondary N) is 1. The molecule has 0 fully saturated rings. The van der Waals surface area contributed by atoms with Gasteiger partial charge in [-0.3, -0.25) is 0 Å². The monoisotopic (exact) mass is 368 g/mol. The first-order valence-electron chi connectivity index (χ1n) is 7.07. The molecule has 2 aromatic rings. The van der Waals surface area contributed by atoms with Crippen molar-refractivity contribution < 1.29 is 4.74 Å². The molecule has 2 rings (SSSR count). The van der Waals surface area contributed by atoms with E-state index in [1.54, 1.807) is 11.3 Å². The molecule has 114 valence electrons. The zero-order valence-corrected chi connectivity index (χ0v) is 15.1. The van der Waals surface area contributed by atoms with Crippen molar-refractivity contribution in [3.63, 3.8) is 0 Å². The first kappa shape index (κ1) is 16.5. The standard InChI is InChI=1S/C16H21BrN2OS/c1-11(2)7-18-8-16-19-13(10-21-16)9-20-14-4-5-15(17)12(3)6-14/h4-6,10-11,18H,7-9H2,1-3H3. The molecule has 0 saturated carbocycles. The minimum absolute atomic E-state index is 0.516. The third-order valence-electron chi connectivity index (χ3n) is 2.94. The zero-order chi connectivity index (χ0) is 15.2. The highest BCUT2D eigenvalue weighted by molar-refractivity contribution is 9.10. The van der Waals surface area contributed by atoms with E-state index in [0.29, 0.717) is 12.5 Å². The number of nitrogens with zero attached hydrogens (tertiary/aromatic N) is 1. The van der Waals surface area contributed by atoms with E-state index in [0.717, 1.165) is 34.0 Å². The highest BCUT2D eigenvalue weighted by Gasteiger charge is 2.04. The van der Waals surface area contributed by atoms with Crippen LogP contribution in [0.4, 0.5) is 0 Å². The van der Waals surface area contributed by atoms with Crippen molar-refractivity contribution in [3.8, 4) is 5.75 Å². The van der Waals surface area contributed by atoms with E-state index in [9.17, 15) is 0 Å². The molecule has 5 heteroatoms. The van der Waals surface area contributed by atoms with Crippen molar-refractivity contribution >= 4 is 27.3 Å². The number of aromatic nitrogens is 1. The number of benzene rings is 1. The smallest absolute Gasteiger partial charge is 0.131 e. The van der Waals surface area contributed by atoms with Crippen LogP contribution < -0.4 is 10.1 Å². The highest BCUT2D eigenvalue weighted by atomic mass is 79.9. The maximum absolute atomic E-state index is 5.79. The van der Waals surface area contributed by atoms with Gasteiger partial charge in [0.15, 0.2) is 0 Å². The van der Waals surface area contributed by atoms with Crippen LogP contribution in [-0.2, 0) is 13.2 Å². The molecule has 0 aliphatic heterocycles. The maximum atomic E-state index is 5.79. The van der Waals surface area contributed by atoms with Gasteiger partial charge in [0, 0.05) is 16.4 Å². The van der Waals surface area contributed by atoms with Crippen LogP contribution in [0.1, 0.15) is 30.1 Å². The van der Waals surface area contributed by atoms with Gasteiger partial charge in [0.2, 0.25) is 0 Å². The van der Waals surface area contributed by atoms with Gasteiger partial charge in [-0.1, -0.05) is 29.8 Å². The zero-order valence-electron chi connectivity index (χ0n) is 12.6. The van der Waals surface area contributed by atoms with E-state index < -0.39 is 0 Å². The van der Waals surface area contributed by atoms with Crippen molar-refractivity contribution in [2.75, 3.05) is 6.54 Å². The summed E-state index contributed by atoms with van der Waals surface area (Å²) in [6.45, 7) is 8.83. The summed E-state index contributed by atoms with van der Waals surface area (Å²) in [4.78, 5) is 4.58. The summed E-state index contributed by atoms with van der Waals surface area (Å²) >= 11 is 5.17. The van der Waals surface area contributed by atoms with Crippen LogP contribution in [0.5, 0.6) is 5.75 Å². The second-order valence-electron chi connectivity index (χ2n) is 5.46. The molecule has 0 spiro atoms.